The number of aromatic nitrogens is 4. The fourth-order valence-electron chi connectivity index (χ4n) is 9.26. The van der Waals surface area contributed by atoms with Gasteiger partial charge in [0.05, 0.1) is 11.2 Å². The van der Waals surface area contributed by atoms with E-state index >= 15 is 0 Å². The van der Waals surface area contributed by atoms with Gasteiger partial charge in [-0.1, -0.05) is 212 Å². The molecule has 0 radical (unpaired) electrons. The third kappa shape index (κ3) is 7.27. The first-order valence-electron chi connectivity index (χ1n) is 22.3. The fraction of sp³-hybridized carbons (Fsp3) is 0. The number of nitrogens with zero attached hydrogens (tertiary/aromatic N) is 4. The Morgan fingerprint density at radius 3 is 1.30 bits per heavy atom. The van der Waals surface area contributed by atoms with Crippen LogP contribution < -0.4 is 0 Å². The molecule has 0 saturated carbocycles. The Balaban J connectivity index is 0.962. The molecule has 4 heteroatoms. The predicted octanol–water partition coefficient (Wildman–Crippen LogP) is 16.1. The van der Waals surface area contributed by atoms with Crippen LogP contribution in [0.15, 0.2) is 243 Å². The van der Waals surface area contributed by atoms with Crippen molar-refractivity contribution < 1.29 is 0 Å². The lowest BCUT2D eigenvalue weighted by atomic mass is 9.93. The molecule has 66 heavy (non-hydrogen) atoms. The van der Waals surface area contributed by atoms with Crippen LogP contribution in [0, 0.1) is 0 Å². The SMILES string of the molecule is c1ccc(-c2cccc(-c3nc(-c4cccc(-c5ccccc5)c4)nc(-c4ccc(-c5ccc(-c6cc(-c7ccccc7)c7c(ccc8ccccc87)n6)cc5)c5ccccc45)n3)c2)cc1. The number of benzene rings is 10. The second kappa shape index (κ2) is 16.7. The monoisotopic (exact) mass is 840 g/mol. The number of fused-ring (bicyclic) bond motifs is 4. The van der Waals surface area contributed by atoms with Crippen LogP contribution in [0.4, 0.5) is 0 Å². The van der Waals surface area contributed by atoms with E-state index in [9.17, 15) is 0 Å². The molecule has 308 valence electrons. The molecule has 0 fully saturated rings. The molecule has 0 aliphatic heterocycles. The van der Waals surface area contributed by atoms with Crippen molar-refractivity contribution in [3.63, 3.8) is 0 Å². The van der Waals surface area contributed by atoms with E-state index in [0.29, 0.717) is 17.5 Å². The molecule has 2 aromatic heterocycles. The molecule has 0 bridgehead atoms. The molecule has 0 amide bonds. The van der Waals surface area contributed by atoms with Crippen molar-refractivity contribution in [3.8, 4) is 89.9 Å². The molecule has 0 aliphatic carbocycles. The number of pyridine rings is 1. The fourth-order valence-corrected chi connectivity index (χ4v) is 9.26. The topological polar surface area (TPSA) is 51.6 Å². The Bertz CT molecular complexity index is 3630. The Hall–Kier alpha value is -8.86. The van der Waals surface area contributed by atoms with Gasteiger partial charge in [-0.3, -0.25) is 0 Å². The summed E-state index contributed by atoms with van der Waals surface area (Å²) >= 11 is 0. The molecule has 10 aromatic carbocycles. The molecule has 0 atom stereocenters. The summed E-state index contributed by atoms with van der Waals surface area (Å²) in [6.45, 7) is 0. The first kappa shape index (κ1) is 38.8. The van der Waals surface area contributed by atoms with Crippen molar-refractivity contribution in [2.75, 3.05) is 0 Å². The lowest BCUT2D eigenvalue weighted by Crippen LogP contribution is -2.01. The quantitative estimate of drug-likeness (QED) is 0.143. The minimum atomic E-state index is 0.618. The molecule has 4 nitrogen and oxygen atoms in total. The van der Waals surface area contributed by atoms with Crippen LogP contribution in [0.3, 0.4) is 0 Å². The van der Waals surface area contributed by atoms with Gasteiger partial charge in [0.25, 0.3) is 0 Å². The van der Waals surface area contributed by atoms with Gasteiger partial charge in [-0.05, 0) is 96.4 Å². The molecule has 0 saturated heterocycles. The van der Waals surface area contributed by atoms with Crippen molar-refractivity contribution in [3.05, 3.63) is 243 Å². The van der Waals surface area contributed by atoms with Gasteiger partial charge in [0, 0.05) is 27.6 Å². The zero-order valence-corrected chi connectivity index (χ0v) is 35.9. The molecule has 12 aromatic rings. The minimum absolute atomic E-state index is 0.618. The molecule has 12 rings (SSSR count). The highest BCUT2D eigenvalue weighted by atomic mass is 15.0. The maximum absolute atomic E-state index is 5.26. The Labute approximate surface area is 383 Å². The minimum Gasteiger partial charge on any atom is -0.248 e. The summed E-state index contributed by atoms with van der Waals surface area (Å²) in [6.07, 6.45) is 0. The van der Waals surface area contributed by atoms with E-state index in [4.69, 9.17) is 19.9 Å². The van der Waals surface area contributed by atoms with Gasteiger partial charge in [-0.25, -0.2) is 19.9 Å². The van der Waals surface area contributed by atoms with Gasteiger partial charge >= 0.3 is 0 Å². The highest BCUT2D eigenvalue weighted by Crippen LogP contribution is 2.40. The zero-order chi connectivity index (χ0) is 43.8. The maximum atomic E-state index is 5.26. The lowest BCUT2D eigenvalue weighted by molar-refractivity contribution is 1.08. The summed E-state index contributed by atoms with van der Waals surface area (Å²) in [4.78, 5) is 20.9. The van der Waals surface area contributed by atoms with E-state index in [-0.39, 0.29) is 0 Å². The summed E-state index contributed by atoms with van der Waals surface area (Å²) in [6, 6.07) is 85.3. The van der Waals surface area contributed by atoms with Gasteiger partial charge in [-0.2, -0.15) is 0 Å². The van der Waals surface area contributed by atoms with Crippen LogP contribution in [0.2, 0.25) is 0 Å². The number of rotatable bonds is 8. The molecular formula is C62H40N4. The highest BCUT2D eigenvalue weighted by Gasteiger charge is 2.18. The van der Waals surface area contributed by atoms with E-state index in [1.807, 2.05) is 12.1 Å². The van der Waals surface area contributed by atoms with Crippen molar-refractivity contribution in [1.82, 2.24) is 19.9 Å². The van der Waals surface area contributed by atoms with E-state index in [1.165, 1.54) is 27.3 Å². The smallest absolute Gasteiger partial charge is 0.164 e. The summed E-state index contributed by atoms with van der Waals surface area (Å²) in [5.41, 5.74) is 14.8. The van der Waals surface area contributed by atoms with E-state index in [1.54, 1.807) is 0 Å². The van der Waals surface area contributed by atoms with Crippen LogP contribution in [-0.2, 0) is 0 Å². The van der Waals surface area contributed by atoms with Crippen molar-refractivity contribution in [1.29, 1.82) is 0 Å². The molecule has 0 N–H and O–H groups in total. The van der Waals surface area contributed by atoms with Crippen LogP contribution in [0.5, 0.6) is 0 Å². The molecule has 0 spiro atoms. The van der Waals surface area contributed by atoms with Crippen LogP contribution in [0.1, 0.15) is 0 Å². The average Bonchev–Trinajstić information content (AvgIpc) is 3.41. The molecule has 0 unspecified atom stereocenters. The molecular weight excluding hydrogens is 801 g/mol. The average molecular weight is 841 g/mol. The summed E-state index contributed by atoms with van der Waals surface area (Å²) < 4.78 is 0. The standard InChI is InChI=1S/C62H40N4/c1-4-16-41(17-5-1)47-23-14-25-49(38-47)60-64-61(50-26-15-24-48(39-50)42-18-6-2-7-19-42)66-62(65-60)55-36-35-51(53-28-12-13-29-54(53)55)45-30-32-46(33-31-45)58-40-56(43-20-8-3-9-21-43)59-52-27-11-10-22-44(52)34-37-57(59)63-58/h1-40H. The van der Waals surface area contributed by atoms with Gasteiger partial charge < -0.3 is 0 Å². The summed E-state index contributed by atoms with van der Waals surface area (Å²) in [5, 5.41) is 5.76. The normalized spacial score (nSPS) is 11.3. The highest BCUT2D eigenvalue weighted by molar-refractivity contribution is 6.14. The first-order chi connectivity index (χ1) is 32.7. The third-order valence-corrected chi connectivity index (χ3v) is 12.5. The molecule has 0 aliphatic rings. The van der Waals surface area contributed by atoms with Crippen molar-refractivity contribution >= 4 is 32.4 Å². The van der Waals surface area contributed by atoms with Crippen LogP contribution in [0.25, 0.3) is 122 Å². The Morgan fingerprint density at radius 1 is 0.227 bits per heavy atom. The zero-order valence-electron chi connectivity index (χ0n) is 35.9. The van der Waals surface area contributed by atoms with E-state index < -0.39 is 0 Å². The second-order valence-corrected chi connectivity index (χ2v) is 16.6. The van der Waals surface area contributed by atoms with Gasteiger partial charge in [0.2, 0.25) is 0 Å². The van der Waals surface area contributed by atoms with Crippen molar-refractivity contribution in [2.24, 2.45) is 0 Å². The molecule has 2 heterocycles. The Morgan fingerprint density at radius 2 is 0.682 bits per heavy atom. The third-order valence-electron chi connectivity index (χ3n) is 12.5. The first-order valence-corrected chi connectivity index (χ1v) is 22.3. The predicted molar refractivity (Wildman–Crippen MR) is 274 cm³/mol. The van der Waals surface area contributed by atoms with Gasteiger partial charge in [0.15, 0.2) is 17.5 Å². The van der Waals surface area contributed by atoms with Gasteiger partial charge in [0.1, 0.15) is 0 Å². The van der Waals surface area contributed by atoms with Gasteiger partial charge in [-0.15, -0.1) is 0 Å². The Kier molecular flexibility index (Phi) is 9.81. The number of hydrogen-bond acceptors (Lipinski definition) is 4. The summed E-state index contributed by atoms with van der Waals surface area (Å²) in [5.74, 6) is 1.85. The van der Waals surface area contributed by atoms with Crippen molar-refractivity contribution in [2.45, 2.75) is 0 Å². The largest absolute Gasteiger partial charge is 0.248 e. The maximum Gasteiger partial charge on any atom is 0.164 e. The second-order valence-electron chi connectivity index (χ2n) is 16.6. The lowest BCUT2D eigenvalue weighted by Gasteiger charge is -2.15. The number of hydrogen-bond donors (Lipinski definition) is 0. The van der Waals surface area contributed by atoms with E-state index in [0.717, 1.165) is 77.6 Å². The summed E-state index contributed by atoms with van der Waals surface area (Å²) in [7, 11) is 0. The van der Waals surface area contributed by atoms with Crippen LogP contribution in [-0.4, -0.2) is 19.9 Å². The van der Waals surface area contributed by atoms with E-state index in [2.05, 4.69) is 231 Å². The van der Waals surface area contributed by atoms with Crippen LogP contribution >= 0.6 is 0 Å².